The molecule has 0 unspecified atom stereocenters. The summed E-state index contributed by atoms with van der Waals surface area (Å²) < 4.78 is 0. The van der Waals surface area contributed by atoms with Crippen LogP contribution in [0.2, 0.25) is 0 Å². The van der Waals surface area contributed by atoms with E-state index in [4.69, 9.17) is 11.6 Å². The Morgan fingerprint density at radius 2 is 2.46 bits per heavy atom. The Morgan fingerprint density at radius 3 is 3.00 bits per heavy atom. The van der Waals surface area contributed by atoms with Crippen molar-refractivity contribution in [1.29, 1.82) is 0 Å². The van der Waals surface area contributed by atoms with Crippen molar-refractivity contribution in [2.45, 2.75) is 5.88 Å². The SMILES string of the molecule is Cn1ncc(-c2nc(CCl)cs2)n1. The summed E-state index contributed by atoms with van der Waals surface area (Å²) in [5.41, 5.74) is 1.68. The Hall–Kier alpha value is -0.940. The summed E-state index contributed by atoms with van der Waals surface area (Å²) in [6.45, 7) is 0. The first-order valence-corrected chi connectivity index (χ1v) is 5.08. The minimum atomic E-state index is 0.441. The van der Waals surface area contributed by atoms with Gasteiger partial charge in [0.25, 0.3) is 0 Å². The highest BCUT2D eigenvalue weighted by molar-refractivity contribution is 7.13. The van der Waals surface area contributed by atoms with Crippen molar-refractivity contribution in [1.82, 2.24) is 20.0 Å². The fourth-order valence-corrected chi connectivity index (χ4v) is 1.93. The van der Waals surface area contributed by atoms with Crippen molar-refractivity contribution >= 4 is 22.9 Å². The number of aromatic nitrogens is 4. The maximum Gasteiger partial charge on any atom is 0.145 e. The van der Waals surface area contributed by atoms with Crippen LogP contribution in [0.25, 0.3) is 10.7 Å². The van der Waals surface area contributed by atoms with Gasteiger partial charge in [-0.1, -0.05) is 0 Å². The molecule has 0 aliphatic rings. The van der Waals surface area contributed by atoms with E-state index in [1.54, 1.807) is 13.2 Å². The smallest absolute Gasteiger partial charge is 0.145 e. The van der Waals surface area contributed by atoms with Gasteiger partial charge in [-0.3, -0.25) is 0 Å². The summed E-state index contributed by atoms with van der Waals surface area (Å²) in [6.07, 6.45) is 1.69. The number of nitrogens with zero attached hydrogens (tertiary/aromatic N) is 4. The molecule has 0 spiro atoms. The van der Waals surface area contributed by atoms with Crippen LogP contribution < -0.4 is 0 Å². The molecular weight excluding hydrogens is 208 g/mol. The second-order valence-electron chi connectivity index (χ2n) is 2.50. The summed E-state index contributed by atoms with van der Waals surface area (Å²) in [7, 11) is 1.78. The van der Waals surface area contributed by atoms with Crippen molar-refractivity contribution in [2.75, 3.05) is 0 Å². The molecule has 0 radical (unpaired) electrons. The van der Waals surface area contributed by atoms with Crippen molar-refractivity contribution in [3.63, 3.8) is 0 Å². The molecule has 2 heterocycles. The average Bonchev–Trinajstić information content (AvgIpc) is 2.71. The lowest BCUT2D eigenvalue weighted by atomic mass is 10.5. The zero-order chi connectivity index (χ0) is 9.26. The highest BCUT2D eigenvalue weighted by atomic mass is 35.5. The van der Waals surface area contributed by atoms with E-state index >= 15 is 0 Å². The molecule has 13 heavy (non-hydrogen) atoms. The highest BCUT2D eigenvalue weighted by Gasteiger charge is 2.06. The van der Waals surface area contributed by atoms with Gasteiger partial charge in [-0.05, 0) is 0 Å². The van der Waals surface area contributed by atoms with Crippen LogP contribution in [0.4, 0.5) is 0 Å². The predicted molar refractivity (Wildman–Crippen MR) is 51.7 cm³/mol. The molecule has 6 heteroatoms. The number of thiazole rings is 1. The van der Waals surface area contributed by atoms with Crippen LogP contribution >= 0.6 is 22.9 Å². The molecule has 2 aromatic rings. The van der Waals surface area contributed by atoms with Gasteiger partial charge in [0, 0.05) is 12.4 Å². The van der Waals surface area contributed by atoms with Gasteiger partial charge in [-0.2, -0.15) is 15.0 Å². The van der Waals surface area contributed by atoms with E-state index in [1.807, 2.05) is 5.38 Å². The van der Waals surface area contributed by atoms with E-state index in [9.17, 15) is 0 Å². The van der Waals surface area contributed by atoms with Crippen LogP contribution in [-0.2, 0) is 12.9 Å². The first-order chi connectivity index (χ1) is 6.29. The van der Waals surface area contributed by atoms with E-state index in [0.29, 0.717) is 5.88 Å². The summed E-state index contributed by atoms with van der Waals surface area (Å²) in [5.74, 6) is 0.441. The third-order valence-electron chi connectivity index (χ3n) is 1.51. The van der Waals surface area contributed by atoms with Gasteiger partial charge in [0.2, 0.25) is 0 Å². The topological polar surface area (TPSA) is 43.6 Å². The number of aryl methyl sites for hydroxylation is 1. The third-order valence-corrected chi connectivity index (χ3v) is 2.69. The fraction of sp³-hybridized carbons (Fsp3) is 0.286. The first-order valence-electron chi connectivity index (χ1n) is 3.66. The molecule has 2 rings (SSSR count). The van der Waals surface area contributed by atoms with Gasteiger partial charge in [0.15, 0.2) is 0 Å². The summed E-state index contributed by atoms with van der Waals surface area (Å²) >= 11 is 7.17. The number of hydrogen-bond acceptors (Lipinski definition) is 4. The summed E-state index contributed by atoms with van der Waals surface area (Å²) in [5, 5.41) is 10.9. The standard InChI is InChI=1S/C7H7ClN4S/c1-12-9-3-6(11-12)7-10-5(2-8)4-13-7/h3-4H,2H2,1H3. The first kappa shape index (κ1) is 8.65. The summed E-state index contributed by atoms with van der Waals surface area (Å²) in [4.78, 5) is 5.79. The Morgan fingerprint density at radius 1 is 1.62 bits per heavy atom. The Bertz CT molecular complexity index is 408. The number of rotatable bonds is 2. The molecule has 0 bridgehead atoms. The lowest BCUT2D eigenvalue weighted by Crippen LogP contribution is -1.91. The van der Waals surface area contributed by atoms with Gasteiger partial charge in [-0.25, -0.2) is 4.98 Å². The van der Waals surface area contributed by atoms with Crippen LogP contribution in [0.15, 0.2) is 11.6 Å². The van der Waals surface area contributed by atoms with Crippen molar-refractivity contribution < 1.29 is 0 Å². The van der Waals surface area contributed by atoms with Crippen LogP contribution in [-0.4, -0.2) is 20.0 Å². The molecule has 68 valence electrons. The second-order valence-corrected chi connectivity index (χ2v) is 3.62. The van der Waals surface area contributed by atoms with Gasteiger partial charge < -0.3 is 0 Å². The van der Waals surface area contributed by atoms with E-state index in [1.165, 1.54) is 16.1 Å². The maximum absolute atomic E-state index is 5.64. The number of hydrogen-bond donors (Lipinski definition) is 0. The van der Waals surface area contributed by atoms with E-state index in [2.05, 4.69) is 15.2 Å². The lowest BCUT2D eigenvalue weighted by molar-refractivity contribution is 0.655. The van der Waals surface area contributed by atoms with E-state index in [-0.39, 0.29) is 0 Å². The monoisotopic (exact) mass is 214 g/mol. The van der Waals surface area contributed by atoms with Crippen molar-refractivity contribution in [3.05, 3.63) is 17.3 Å². The maximum atomic E-state index is 5.64. The zero-order valence-electron chi connectivity index (χ0n) is 6.94. The van der Waals surface area contributed by atoms with E-state index in [0.717, 1.165) is 16.4 Å². The Kier molecular flexibility index (Phi) is 2.28. The minimum absolute atomic E-state index is 0.441. The van der Waals surface area contributed by atoms with Crippen LogP contribution in [0.3, 0.4) is 0 Å². The summed E-state index contributed by atoms with van der Waals surface area (Å²) in [6, 6.07) is 0. The molecule has 0 saturated carbocycles. The molecule has 0 N–H and O–H groups in total. The number of alkyl halides is 1. The quantitative estimate of drug-likeness (QED) is 0.715. The molecule has 0 atom stereocenters. The Balaban J connectivity index is 2.35. The zero-order valence-corrected chi connectivity index (χ0v) is 8.51. The molecule has 4 nitrogen and oxygen atoms in total. The van der Waals surface area contributed by atoms with Crippen LogP contribution in [0, 0.1) is 0 Å². The molecular formula is C7H7ClN4S. The minimum Gasteiger partial charge on any atom is -0.238 e. The molecule has 0 fully saturated rings. The predicted octanol–water partition coefficient (Wildman–Crippen LogP) is 1.68. The van der Waals surface area contributed by atoms with Gasteiger partial charge in [0.05, 0.1) is 17.8 Å². The second kappa shape index (κ2) is 3.43. The number of halogens is 1. The highest BCUT2D eigenvalue weighted by Crippen LogP contribution is 2.21. The van der Waals surface area contributed by atoms with Crippen LogP contribution in [0.5, 0.6) is 0 Å². The molecule has 0 aliphatic heterocycles. The molecule has 2 aromatic heterocycles. The van der Waals surface area contributed by atoms with Gasteiger partial charge in [-0.15, -0.1) is 22.9 Å². The molecule has 0 saturated heterocycles. The third kappa shape index (κ3) is 1.71. The average molecular weight is 215 g/mol. The Labute approximate surface area is 84.2 Å². The molecule has 0 aromatic carbocycles. The van der Waals surface area contributed by atoms with Gasteiger partial charge in [0.1, 0.15) is 10.7 Å². The van der Waals surface area contributed by atoms with Crippen molar-refractivity contribution in [3.8, 4) is 10.7 Å². The molecule has 0 aliphatic carbocycles. The van der Waals surface area contributed by atoms with Crippen molar-refractivity contribution in [2.24, 2.45) is 7.05 Å². The fourth-order valence-electron chi connectivity index (χ4n) is 0.930. The van der Waals surface area contributed by atoms with Crippen LogP contribution in [0.1, 0.15) is 5.69 Å². The largest absolute Gasteiger partial charge is 0.238 e. The molecule has 0 amide bonds. The normalized spacial score (nSPS) is 10.6. The van der Waals surface area contributed by atoms with Gasteiger partial charge >= 0.3 is 0 Å². The lowest BCUT2D eigenvalue weighted by Gasteiger charge is -1.85. The van der Waals surface area contributed by atoms with E-state index < -0.39 is 0 Å².